The van der Waals surface area contributed by atoms with Crippen LogP contribution >= 0.6 is 0 Å². The summed E-state index contributed by atoms with van der Waals surface area (Å²) in [6.07, 6.45) is 6.39. The van der Waals surface area contributed by atoms with Crippen LogP contribution < -0.4 is 5.32 Å². The molecule has 0 aromatic carbocycles. The highest BCUT2D eigenvalue weighted by Gasteiger charge is 2.29. The quantitative estimate of drug-likeness (QED) is 0.836. The summed E-state index contributed by atoms with van der Waals surface area (Å²) in [4.78, 5) is 18.7. The monoisotopic (exact) mass is 328 g/mol. The molecular formula is C16H26F2N4O. The van der Waals surface area contributed by atoms with Gasteiger partial charge in [0.1, 0.15) is 5.82 Å². The Balaban J connectivity index is 1.87. The van der Waals surface area contributed by atoms with Gasteiger partial charge in [0.05, 0.1) is 6.04 Å². The molecule has 1 aliphatic rings. The van der Waals surface area contributed by atoms with E-state index in [1.54, 1.807) is 0 Å². The van der Waals surface area contributed by atoms with Crippen LogP contribution in [0.1, 0.15) is 45.5 Å². The van der Waals surface area contributed by atoms with E-state index in [2.05, 4.69) is 15.2 Å². The van der Waals surface area contributed by atoms with Gasteiger partial charge in [-0.25, -0.2) is 4.98 Å². The summed E-state index contributed by atoms with van der Waals surface area (Å²) in [5.41, 5.74) is 0. The van der Waals surface area contributed by atoms with E-state index >= 15 is 0 Å². The summed E-state index contributed by atoms with van der Waals surface area (Å²) < 4.78 is 26.3. The number of alkyl halides is 2. The highest BCUT2D eigenvalue weighted by atomic mass is 19.3. The molecule has 1 aromatic rings. The number of hydrogen-bond acceptors (Lipinski definition) is 3. The molecular weight excluding hydrogens is 302 g/mol. The van der Waals surface area contributed by atoms with Crippen LogP contribution in [0.4, 0.5) is 8.78 Å². The van der Waals surface area contributed by atoms with Gasteiger partial charge < -0.3 is 5.32 Å². The zero-order valence-electron chi connectivity index (χ0n) is 13.8. The fourth-order valence-corrected chi connectivity index (χ4v) is 3.20. The fraction of sp³-hybridized carbons (Fsp3) is 0.750. The van der Waals surface area contributed by atoms with Crippen LogP contribution in [0.2, 0.25) is 0 Å². The van der Waals surface area contributed by atoms with Gasteiger partial charge in [0.2, 0.25) is 5.91 Å². The molecule has 1 fully saturated rings. The second-order valence-electron chi connectivity index (χ2n) is 6.35. The van der Waals surface area contributed by atoms with Gasteiger partial charge in [-0.3, -0.25) is 14.3 Å². The zero-order valence-corrected chi connectivity index (χ0v) is 13.8. The minimum atomic E-state index is -2.60. The number of hydrogen-bond donors (Lipinski definition) is 1. The normalized spacial score (nSPS) is 17.7. The number of imidazole rings is 1. The molecule has 2 rings (SSSR count). The number of halogens is 2. The highest BCUT2D eigenvalue weighted by Crippen LogP contribution is 2.18. The van der Waals surface area contributed by atoms with Gasteiger partial charge >= 0.3 is 6.55 Å². The molecule has 7 heteroatoms. The van der Waals surface area contributed by atoms with Crippen LogP contribution in [0.15, 0.2) is 12.4 Å². The Morgan fingerprint density at radius 2 is 2.00 bits per heavy atom. The van der Waals surface area contributed by atoms with Crippen molar-refractivity contribution < 1.29 is 13.6 Å². The molecule has 1 aromatic heterocycles. The Labute approximate surface area is 136 Å². The molecule has 1 unspecified atom stereocenters. The molecule has 0 spiro atoms. The number of nitrogens with zero attached hydrogens (tertiary/aromatic N) is 3. The molecule has 2 heterocycles. The maximum atomic E-state index is 12.8. The smallest absolute Gasteiger partial charge is 0.319 e. The molecule has 1 N–H and O–H groups in total. The van der Waals surface area contributed by atoms with Crippen molar-refractivity contribution in [2.75, 3.05) is 19.6 Å². The van der Waals surface area contributed by atoms with Crippen LogP contribution in [0.25, 0.3) is 0 Å². The van der Waals surface area contributed by atoms with E-state index in [0.717, 1.165) is 30.5 Å². The van der Waals surface area contributed by atoms with E-state index in [-0.39, 0.29) is 17.9 Å². The topological polar surface area (TPSA) is 50.2 Å². The Kier molecular flexibility index (Phi) is 6.50. The lowest BCUT2D eigenvalue weighted by Crippen LogP contribution is -2.51. The minimum absolute atomic E-state index is 0.0166. The molecule has 0 bridgehead atoms. The van der Waals surface area contributed by atoms with Gasteiger partial charge in [0.25, 0.3) is 0 Å². The van der Waals surface area contributed by atoms with E-state index in [0.29, 0.717) is 18.8 Å². The Hall–Kier alpha value is -1.50. The molecule has 1 aliphatic heterocycles. The number of rotatable bonds is 7. The molecule has 1 atom stereocenters. The summed E-state index contributed by atoms with van der Waals surface area (Å²) in [7, 11) is 0. The molecule has 23 heavy (non-hydrogen) atoms. The third kappa shape index (κ3) is 4.73. The number of likely N-dealkylation sites (tertiary alicyclic amines) is 1. The zero-order chi connectivity index (χ0) is 16.8. The average Bonchev–Trinajstić information content (AvgIpc) is 2.97. The van der Waals surface area contributed by atoms with Gasteiger partial charge in [-0.05, 0) is 31.8 Å². The minimum Gasteiger partial charge on any atom is -0.354 e. The molecule has 0 saturated carbocycles. The number of carbonyl (C=O) groups excluding carboxylic acids is 1. The van der Waals surface area contributed by atoms with Crippen molar-refractivity contribution in [2.24, 2.45) is 5.92 Å². The lowest BCUT2D eigenvalue weighted by Gasteiger charge is -2.35. The van der Waals surface area contributed by atoms with Crippen LogP contribution in [0.5, 0.6) is 0 Å². The maximum Gasteiger partial charge on any atom is 0.319 e. The number of aromatic nitrogens is 2. The van der Waals surface area contributed by atoms with Crippen LogP contribution in [-0.4, -0.2) is 46.0 Å². The van der Waals surface area contributed by atoms with E-state index in [1.807, 2.05) is 13.8 Å². The van der Waals surface area contributed by atoms with E-state index in [4.69, 9.17) is 0 Å². The first-order valence-electron chi connectivity index (χ1n) is 8.32. The van der Waals surface area contributed by atoms with Crippen molar-refractivity contribution in [3.63, 3.8) is 0 Å². The van der Waals surface area contributed by atoms with Crippen molar-refractivity contribution >= 4 is 5.91 Å². The van der Waals surface area contributed by atoms with E-state index in [1.165, 1.54) is 18.8 Å². The van der Waals surface area contributed by atoms with Gasteiger partial charge in [0, 0.05) is 25.4 Å². The van der Waals surface area contributed by atoms with Gasteiger partial charge in [-0.2, -0.15) is 8.78 Å². The third-order valence-corrected chi connectivity index (χ3v) is 4.29. The van der Waals surface area contributed by atoms with Crippen molar-refractivity contribution in [3.8, 4) is 0 Å². The van der Waals surface area contributed by atoms with Gasteiger partial charge in [0.15, 0.2) is 0 Å². The summed E-state index contributed by atoms with van der Waals surface area (Å²) in [5, 5.41) is 2.89. The van der Waals surface area contributed by atoms with E-state index < -0.39 is 6.55 Å². The summed E-state index contributed by atoms with van der Waals surface area (Å²) in [6.45, 7) is 3.71. The van der Waals surface area contributed by atoms with Crippen molar-refractivity contribution in [2.45, 2.75) is 52.1 Å². The first-order chi connectivity index (χ1) is 11.0. The SMILES string of the molecule is CC(C)C(C(=O)NCCc1nccn1C(F)F)N1CCCCC1. The van der Waals surface area contributed by atoms with Crippen molar-refractivity contribution in [1.82, 2.24) is 19.8 Å². The van der Waals surface area contributed by atoms with Crippen molar-refractivity contribution in [3.05, 3.63) is 18.2 Å². The lowest BCUT2D eigenvalue weighted by molar-refractivity contribution is -0.128. The molecule has 0 radical (unpaired) electrons. The predicted molar refractivity (Wildman–Crippen MR) is 84.2 cm³/mol. The first-order valence-corrected chi connectivity index (χ1v) is 8.32. The Morgan fingerprint density at radius 3 is 2.61 bits per heavy atom. The number of carbonyl (C=O) groups is 1. The predicted octanol–water partition coefficient (Wildman–Crippen LogP) is 2.45. The molecule has 5 nitrogen and oxygen atoms in total. The Bertz CT molecular complexity index is 498. The summed E-state index contributed by atoms with van der Waals surface area (Å²) in [5.74, 6) is 0.493. The first kappa shape index (κ1) is 17.8. The lowest BCUT2D eigenvalue weighted by atomic mass is 9.98. The van der Waals surface area contributed by atoms with Gasteiger partial charge in [-0.1, -0.05) is 20.3 Å². The van der Waals surface area contributed by atoms with E-state index in [9.17, 15) is 13.6 Å². The Morgan fingerprint density at radius 1 is 1.30 bits per heavy atom. The molecule has 1 amide bonds. The van der Waals surface area contributed by atoms with Crippen LogP contribution in [-0.2, 0) is 11.2 Å². The van der Waals surface area contributed by atoms with Crippen LogP contribution in [0, 0.1) is 5.92 Å². The maximum absolute atomic E-state index is 12.8. The van der Waals surface area contributed by atoms with Gasteiger partial charge in [-0.15, -0.1) is 0 Å². The molecule has 1 saturated heterocycles. The highest BCUT2D eigenvalue weighted by molar-refractivity contribution is 5.82. The standard InChI is InChI=1S/C16H26F2N4O/c1-12(2)14(21-9-4-3-5-10-21)15(23)20-7-6-13-19-8-11-22(13)16(17)18/h8,11-12,14,16H,3-7,9-10H2,1-2H3,(H,20,23). The number of piperidine rings is 1. The average molecular weight is 328 g/mol. The van der Waals surface area contributed by atoms with Crippen LogP contribution in [0.3, 0.4) is 0 Å². The van der Waals surface area contributed by atoms with Crippen molar-refractivity contribution in [1.29, 1.82) is 0 Å². The largest absolute Gasteiger partial charge is 0.354 e. The second kappa shape index (κ2) is 8.38. The molecule has 130 valence electrons. The third-order valence-electron chi connectivity index (χ3n) is 4.29. The molecule has 0 aliphatic carbocycles. The second-order valence-corrected chi connectivity index (χ2v) is 6.35. The number of amides is 1. The fourth-order valence-electron chi connectivity index (χ4n) is 3.20. The summed E-state index contributed by atoms with van der Waals surface area (Å²) >= 11 is 0. The summed E-state index contributed by atoms with van der Waals surface area (Å²) in [6, 6.07) is -0.148. The number of nitrogens with one attached hydrogen (secondary N) is 1.